The number of halogens is 1. The molecule has 0 amide bonds. The molecule has 1 aliphatic carbocycles. The standard InChI is InChI=1S/C19H30FN3OS/c1-3-21-19(23-14-8-7-9-15(12-14)25-4-2)22-13-18(24)16-10-5-6-11-17(16)20/h5-6,10-11,14-15,18,24H,3-4,7-9,12-13H2,1-2H3,(H2,21,22,23). The first kappa shape index (κ1) is 20.0. The zero-order chi connectivity index (χ0) is 18.1. The van der Waals surface area contributed by atoms with E-state index in [-0.39, 0.29) is 6.54 Å². The molecule has 0 bridgehead atoms. The molecule has 0 aliphatic heterocycles. The summed E-state index contributed by atoms with van der Waals surface area (Å²) < 4.78 is 13.8. The maximum Gasteiger partial charge on any atom is 0.191 e. The molecular weight excluding hydrogens is 337 g/mol. The quantitative estimate of drug-likeness (QED) is 0.510. The lowest BCUT2D eigenvalue weighted by Crippen LogP contribution is -2.46. The van der Waals surface area contributed by atoms with Gasteiger partial charge in [0.2, 0.25) is 0 Å². The highest BCUT2D eigenvalue weighted by atomic mass is 32.2. The molecule has 2 rings (SSSR count). The van der Waals surface area contributed by atoms with Crippen molar-refractivity contribution in [3.05, 3.63) is 35.6 Å². The van der Waals surface area contributed by atoms with E-state index in [0.29, 0.717) is 22.8 Å². The van der Waals surface area contributed by atoms with Crippen LogP contribution in [-0.2, 0) is 0 Å². The van der Waals surface area contributed by atoms with Gasteiger partial charge < -0.3 is 15.7 Å². The fraction of sp³-hybridized carbons (Fsp3) is 0.632. The third-order valence-electron chi connectivity index (χ3n) is 4.40. The summed E-state index contributed by atoms with van der Waals surface area (Å²) in [6, 6.07) is 6.71. The van der Waals surface area contributed by atoms with Crippen LogP contribution in [0, 0.1) is 5.82 Å². The van der Waals surface area contributed by atoms with Crippen molar-refractivity contribution in [1.82, 2.24) is 10.6 Å². The minimum absolute atomic E-state index is 0.135. The van der Waals surface area contributed by atoms with Crippen LogP contribution in [0.25, 0.3) is 0 Å². The van der Waals surface area contributed by atoms with Gasteiger partial charge in [-0.3, -0.25) is 4.99 Å². The highest BCUT2D eigenvalue weighted by molar-refractivity contribution is 7.99. The first-order valence-corrected chi connectivity index (χ1v) is 10.3. The molecule has 140 valence electrons. The molecule has 4 nitrogen and oxygen atoms in total. The highest BCUT2D eigenvalue weighted by Gasteiger charge is 2.22. The normalized spacial score (nSPS) is 22.5. The lowest BCUT2D eigenvalue weighted by atomic mass is 9.95. The van der Waals surface area contributed by atoms with Crippen LogP contribution >= 0.6 is 11.8 Å². The van der Waals surface area contributed by atoms with Gasteiger partial charge in [0.1, 0.15) is 11.9 Å². The Kier molecular flexibility index (Phi) is 8.55. The Morgan fingerprint density at radius 1 is 1.36 bits per heavy atom. The predicted octanol–water partition coefficient (Wildman–Crippen LogP) is 3.48. The van der Waals surface area contributed by atoms with E-state index in [0.717, 1.165) is 25.1 Å². The maximum atomic E-state index is 13.8. The minimum atomic E-state index is -0.939. The van der Waals surface area contributed by atoms with E-state index < -0.39 is 11.9 Å². The summed E-state index contributed by atoms with van der Waals surface area (Å²) in [5, 5.41) is 17.7. The van der Waals surface area contributed by atoms with Crippen LogP contribution < -0.4 is 10.6 Å². The molecular formula is C19H30FN3OS. The van der Waals surface area contributed by atoms with Crippen LogP contribution in [0.2, 0.25) is 0 Å². The monoisotopic (exact) mass is 367 g/mol. The van der Waals surface area contributed by atoms with Crippen LogP contribution in [0.15, 0.2) is 29.3 Å². The molecule has 1 aromatic carbocycles. The maximum absolute atomic E-state index is 13.8. The Hall–Kier alpha value is -1.27. The summed E-state index contributed by atoms with van der Waals surface area (Å²) in [5.41, 5.74) is 0.291. The van der Waals surface area contributed by atoms with Gasteiger partial charge in [0.15, 0.2) is 5.96 Å². The van der Waals surface area contributed by atoms with Crippen molar-refractivity contribution in [3.8, 4) is 0 Å². The van der Waals surface area contributed by atoms with Crippen molar-refractivity contribution in [2.75, 3.05) is 18.8 Å². The SMILES string of the molecule is CCNC(=NCC(O)c1ccccc1F)NC1CCCC(SCC)C1. The molecule has 1 saturated carbocycles. The second-order valence-corrected chi connectivity index (χ2v) is 7.92. The highest BCUT2D eigenvalue weighted by Crippen LogP contribution is 2.28. The fourth-order valence-corrected chi connectivity index (χ4v) is 4.37. The first-order chi connectivity index (χ1) is 12.1. The third-order valence-corrected chi connectivity index (χ3v) is 5.63. The largest absolute Gasteiger partial charge is 0.386 e. The number of aliphatic hydroxyl groups is 1. The zero-order valence-electron chi connectivity index (χ0n) is 15.2. The third kappa shape index (κ3) is 6.51. The Balaban J connectivity index is 1.94. The van der Waals surface area contributed by atoms with Gasteiger partial charge in [-0.2, -0.15) is 11.8 Å². The number of aliphatic imine (C=N–C) groups is 1. The number of hydrogen-bond acceptors (Lipinski definition) is 3. The van der Waals surface area contributed by atoms with Gasteiger partial charge in [-0.25, -0.2) is 4.39 Å². The van der Waals surface area contributed by atoms with E-state index in [9.17, 15) is 9.50 Å². The Morgan fingerprint density at radius 3 is 2.88 bits per heavy atom. The summed E-state index contributed by atoms with van der Waals surface area (Å²) in [6.07, 6.45) is 3.86. The predicted molar refractivity (Wildman–Crippen MR) is 105 cm³/mol. The number of nitrogens with zero attached hydrogens (tertiary/aromatic N) is 1. The molecule has 0 saturated heterocycles. The second kappa shape index (κ2) is 10.7. The van der Waals surface area contributed by atoms with Gasteiger partial charge in [-0.05, 0) is 38.0 Å². The van der Waals surface area contributed by atoms with E-state index in [2.05, 4.69) is 22.5 Å². The fourth-order valence-electron chi connectivity index (χ4n) is 3.20. The topological polar surface area (TPSA) is 56.7 Å². The van der Waals surface area contributed by atoms with Crippen molar-refractivity contribution < 1.29 is 9.50 Å². The van der Waals surface area contributed by atoms with Crippen LogP contribution in [-0.4, -0.2) is 41.2 Å². The average Bonchev–Trinajstić information content (AvgIpc) is 2.61. The molecule has 25 heavy (non-hydrogen) atoms. The molecule has 3 unspecified atom stereocenters. The zero-order valence-corrected chi connectivity index (χ0v) is 16.0. The smallest absolute Gasteiger partial charge is 0.191 e. The Morgan fingerprint density at radius 2 is 2.16 bits per heavy atom. The number of benzene rings is 1. The molecule has 3 N–H and O–H groups in total. The van der Waals surface area contributed by atoms with Gasteiger partial charge in [-0.15, -0.1) is 0 Å². The van der Waals surface area contributed by atoms with Crippen LogP contribution in [0.1, 0.15) is 51.2 Å². The lowest BCUT2D eigenvalue weighted by molar-refractivity contribution is 0.182. The van der Waals surface area contributed by atoms with Crippen LogP contribution in [0.3, 0.4) is 0 Å². The summed E-state index contributed by atoms with van der Waals surface area (Å²) >= 11 is 2.03. The molecule has 1 fully saturated rings. The molecule has 1 aliphatic rings. The van der Waals surface area contributed by atoms with E-state index in [1.807, 2.05) is 18.7 Å². The number of nitrogens with one attached hydrogen (secondary N) is 2. The van der Waals surface area contributed by atoms with E-state index in [1.165, 1.54) is 18.9 Å². The number of thioether (sulfide) groups is 1. The van der Waals surface area contributed by atoms with Gasteiger partial charge in [0.05, 0.1) is 6.54 Å². The van der Waals surface area contributed by atoms with Crippen LogP contribution in [0.5, 0.6) is 0 Å². The summed E-state index contributed by atoms with van der Waals surface area (Å²) in [4.78, 5) is 4.47. The average molecular weight is 368 g/mol. The van der Waals surface area contributed by atoms with Crippen molar-refractivity contribution in [2.24, 2.45) is 4.99 Å². The number of aliphatic hydroxyl groups excluding tert-OH is 1. The molecule has 0 radical (unpaired) electrons. The van der Waals surface area contributed by atoms with Gasteiger partial charge >= 0.3 is 0 Å². The number of guanidine groups is 1. The summed E-state index contributed by atoms with van der Waals surface area (Å²) in [5.74, 6) is 1.46. The molecule has 6 heteroatoms. The van der Waals surface area contributed by atoms with Crippen molar-refractivity contribution in [3.63, 3.8) is 0 Å². The first-order valence-electron chi connectivity index (χ1n) is 9.23. The molecule has 3 atom stereocenters. The van der Waals surface area contributed by atoms with E-state index in [4.69, 9.17) is 0 Å². The van der Waals surface area contributed by atoms with Gasteiger partial charge in [-0.1, -0.05) is 31.5 Å². The number of hydrogen-bond donors (Lipinski definition) is 3. The lowest BCUT2D eigenvalue weighted by Gasteiger charge is -2.30. The number of rotatable bonds is 7. The molecule has 0 heterocycles. The molecule has 0 spiro atoms. The Bertz CT molecular complexity index is 553. The Labute approximate surface area is 154 Å². The van der Waals surface area contributed by atoms with Crippen molar-refractivity contribution >= 4 is 17.7 Å². The van der Waals surface area contributed by atoms with E-state index >= 15 is 0 Å². The van der Waals surface area contributed by atoms with Crippen molar-refractivity contribution in [2.45, 2.75) is 56.9 Å². The molecule has 1 aromatic rings. The van der Waals surface area contributed by atoms with Gasteiger partial charge in [0.25, 0.3) is 0 Å². The molecule has 0 aromatic heterocycles. The summed E-state index contributed by atoms with van der Waals surface area (Å²) in [6.45, 7) is 5.11. The minimum Gasteiger partial charge on any atom is -0.386 e. The van der Waals surface area contributed by atoms with Gasteiger partial charge in [0, 0.05) is 23.4 Å². The van der Waals surface area contributed by atoms with E-state index in [1.54, 1.807) is 18.2 Å². The van der Waals surface area contributed by atoms with Crippen LogP contribution in [0.4, 0.5) is 4.39 Å². The van der Waals surface area contributed by atoms with Crippen molar-refractivity contribution in [1.29, 1.82) is 0 Å². The second-order valence-electron chi connectivity index (χ2n) is 6.34. The summed E-state index contributed by atoms with van der Waals surface area (Å²) in [7, 11) is 0.